The molecule has 4 heteroatoms. The first-order valence-corrected chi connectivity index (χ1v) is 7.06. The van der Waals surface area contributed by atoms with Crippen molar-refractivity contribution in [2.45, 2.75) is 19.6 Å². The summed E-state index contributed by atoms with van der Waals surface area (Å²) < 4.78 is 2.01. The molecule has 1 aliphatic rings. The highest BCUT2D eigenvalue weighted by Crippen LogP contribution is 2.21. The number of amides is 1. The number of carbonyl (C=O) groups is 1. The number of hydrogen-bond donors (Lipinski definition) is 0. The van der Waals surface area contributed by atoms with E-state index in [1.807, 2.05) is 52.1 Å². The molecule has 2 aromatic heterocycles. The molecule has 104 valence electrons. The second-order valence-corrected chi connectivity index (χ2v) is 5.36. The number of benzene rings is 1. The van der Waals surface area contributed by atoms with Gasteiger partial charge >= 0.3 is 0 Å². The van der Waals surface area contributed by atoms with Crippen LogP contribution in [0.5, 0.6) is 0 Å². The van der Waals surface area contributed by atoms with E-state index in [-0.39, 0.29) is 5.91 Å². The zero-order valence-electron chi connectivity index (χ0n) is 11.6. The Morgan fingerprint density at radius 2 is 2.00 bits per heavy atom. The van der Waals surface area contributed by atoms with Crippen molar-refractivity contribution in [2.24, 2.45) is 0 Å². The molecule has 21 heavy (non-hydrogen) atoms. The number of nitrogens with zero attached hydrogens (tertiary/aromatic N) is 3. The van der Waals surface area contributed by atoms with Crippen LogP contribution in [0, 0.1) is 0 Å². The fourth-order valence-electron chi connectivity index (χ4n) is 2.90. The van der Waals surface area contributed by atoms with Gasteiger partial charge in [-0.15, -0.1) is 0 Å². The molecular weight excluding hydrogens is 262 g/mol. The summed E-state index contributed by atoms with van der Waals surface area (Å²) in [6.07, 6.45) is 3.76. The highest BCUT2D eigenvalue weighted by Gasteiger charge is 2.24. The standard InChI is InChI=1S/C17H15N3O/c21-17(20-10-14-5-3-8-18-15(14)11-20)12-19-9-7-13-4-1-2-6-16(13)19/h1-9H,10-12H2. The zero-order valence-corrected chi connectivity index (χ0v) is 11.6. The van der Waals surface area contributed by atoms with Crippen LogP contribution in [0.3, 0.4) is 0 Å². The predicted molar refractivity (Wildman–Crippen MR) is 80.4 cm³/mol. The fourth-order valence-corrected chi connectivity index (χ4v) is 2.90. The molecule has 3 heterocycles. The third kappa shape index (κ3) is 2.09. The topological polar surface area (TPSA) is 38.1 Å². The molecule has 3 aromatic rings. The molecule has 0 aliphatic carbocycles. The Morgan fingerprint density at radius 1 is 1.10 bits per heavy atom. The van der Waals surface area contributed by atoms with Crippen LogP contribution in [-0.2, 0) is 24.4 Å². The Morgan fingerprint density at radius 3 is 2.90 bits per heavy atom. The van der Waals surface area contributed by atoms with Gasteiger partial charge in [0.25, 0.3) is 0 Å². The number of rotatable bonds is 2. The summed E-state index contributed by atoms with van der Waals surface area (Å²) in [7, 11) is 0. The van der Waals surface area contributed by atoms with Gasteiger partial charge in [0.05, 0.1) is 12.2 Å². The summed E-state index contributed by atoms with van der Waals surface area (Å²) >= 11 is 0. The van der Waals surface area contributed by atoms with E-state index in [9.17, 15) is 4.79 Å². The average molecular weight is 277 g/mol. The minimum Gasteiger partial charge on any atom is -0.338 e. The Bertz CT molecular complexity index is 797. The first-order chi connectivity index (χ1) is 10.3. The lowest BCUT2D eigenvalue weighted by Gasteiger charge is -2.16. The Hall–Kier alpha value is -2.62. The molecular formula is C17H15N3O. The molecule has 4 nitrogen and oxygen atoms in total. The maximum atomic E-state index is 12.5. The molecule has 0 N–H and O–H groups in total. The molecule has 0 unspecified atom stereocenters. The van der Waals surface area contributed by atoms with Gasteiger partial charge in [0.2, 0.25) is 5.91 Å². The summed E-state index contributed by atoms with van der Waals surface area (Å²) in [6.45, 7) is 1.66. The summed E-state index contributed by atoms with van der Waals surface area (Å²) in [5, 5.41) is 1.16. The first-order valence-electron chi connectivity index (χ1n) is 7.06. The number of fused-ring (bicyclic) bond motifs is 2. The van der Waals surface area contributed by atoms with E-state index >= 15 is 0 Å². The number of para-hydroxylation sites is 1. The second kappa shape index (κ2) is 4.74. The van der Waals surface area contributed by atoms with Crippen LogP contribution in [0.25, 0.3) is 10.9 Å². The SMILES string of the molecule is O=C(Cn1ccc2ccccc21)N1Cc2cccnc2C1. The van der Waals surface area contributed by atoms with Gasteiger partial charge in [-0.05, 0) is 29.1 Å². The van der Waals surface area contributed by atoms with Crippen molar-refractivity contribution >= 4 is 16.8 Å². The predicted octanol–water partition coefficient (Wildman–Crippen LogP) is 2.58. The van der Waals surface area contributed by atoms with Crippen LogP contribution < -0.4 is 0 Å². The van der Waals surface area contributed by atoms with Crippen molar-refractivity contribution in [3.05, 3.63) is 66.1 Å². The molecule has 0 bridgehead atoms. The van der Waals surface area contributed by atoms with Crippen LogP contribution in [-0.4, -0.2) is 20.4 Å². The summed E-state index contributed by atoms with van der Waals surface area (Å²) in [4.78, 5) is 18.7. The molecule has 0 radical (unpaired) electrons. The first kappa shape index (κ1) is 12.1. The number of pyridine rings is 1. The van der Waals surface area contributed by atoms with Crippen LogP contribution in [0.15, 0.2) is 54.9 Å². The van der Waals surface area contributed by atoms with Crippen LogP contribution in [0.1, 0.15) is 11.3 Å². The van der Waals surface area contributed by atoms with Gasteiger partial charge in [0.15, 0.2) is 0 Å². The highest BCUT2D eigenvalue weighted by atomic mass is 16.2. The molecule has 0 atom stereocenters. The zero-order chi connectivity index (χ0) is 14.2. The van der Waals surface area contributed by atoms with Gasteiger partial charge in [0, 0.05) is 24.5 Å². The van der Waals surface area contributed by atoms with E-state index in [4.69, 9.17) is 0 Å². The van der Waals surface area contributed by atoms with Gasteiger partial charge in [-0.25, -0.2) is 0 Å². The lowest BCUT2D eigenvalue weighted by atomic mass is 10.2. The Balaban J connectivity index is 1.55. The molecule has 0 saturated carbocycles. The fraction of sp³-hybridized carbons (Fsp3) is 0.176. The third-order valence-electron chi connectivity index (χ3n) is 4.02. The smallest absolute Gasteiger partial charge is 0.243 e. The van der Waals surface area contributed by atoms with Gasteiger partial charge in [-0.2, -0.15) is 0 Å². The van der Waals surface area contributed by atoms with E-state index in [0.29, 0.717) is 19.6 Å². The summed E-state index contributed by atoms with van der Waals surface area (Å²) in [5.41, 5.74) is 3.27. The Labute approximate surface area is 122 Å². The van der Waals surface area contributed by atoms with E-state index in [1.54, 1.807) is 6.20 Å². The van der Waals surface area contributed by atoms with Crippen LogP contribution >= 0.6 is 0 Å². The third-order valence-corrected chi connectivity index (χ3v) is 4.02. The van der Waals surface area contributed by atoms with Crippen molar-refractivity contribution < 1.29 is 4.79 Å². The minimum absolute atomic E-state index is 0.134. The normalized spacial score (nSPS) is 13.6. The summed E-state index contributed by atoms with van der Waals surface area (Å²) in [5.74, 6) is 0.134. The average Bonchev–Trinajstić information content (AvgIpc) is 3.11. The molecule has 1 aliphatic heterocycles. The monoisotopic (exact) mass is 277 g/mol. The van der Waals surface area contributed by atoms with Crippen LogP contribution in [0.2, 0.25) is 0 Å². The molecule has 1 amide bonds. The Kier molecular flexibility index (Phi) is 2.74. The van der Waals surface area contributed by atoms with Gasteiger partial charge < -0.3 is 9.47 Å². The van der Waals surface area contributed by atoms with E-state index in [0.717, 1.165) is 22.2 Å². The molecule has 0 saturated heterocycles. The number of aromatic nitrogens is 2. The summed E-state index contributed by atoms with van der Waals surface area (Å²) in [6, 6.07) is 14.1. The van der Waals surface area contributed by atoms with Crippen molar-refractivity contribution in [1.29, 1.82) is 0 Å². The largest absolute Gasteiger partial charge is 0.338 e. The van der Waals surface area contributed by atoms with Crippen molar-refractivity contribution in [3.63, 3.8) is 0 Å². The maximum Gasteiger partial charge on any atom is 0.243 e. The number of carbonyl (C=O) groups excluding carboxylic acids is 1. The van der Waals surface area contributed by atoms with E-state index < -0.39 is 0 Å². The maximum absolute atomic E-state index is 12.5. The molecule has 4 rings (SSSR count). The van der Waals surface area contributed by atoms with Gasteiger partial charge in [-0.3, -0.25) is 9.78 Å². The van der Waals surface area contributed by atoms with Gasteiger partial charge in [0.1, 0.15) is 6.54 Å². The number of hydrogen-bond acceptors (Lipinski definition) is 2. The molecule has 0 fully saturated rings. The van der Waals surface area contributed by atoms with Crippen molar-refractivity contribution in [1.82, 2.24) is 14.5 Å². The molecule has 1 aromatic carbocycles. The molecule has 0 spiro atoms. The highest BCUT2D eigenvalue weighted by molar-refractivity contribution is 5.83. The second-order valence-electron chi connectivity index (χ2n) is 5.36. The quantitative estimate of drug-likeness (QED) is 0.722. The van der Waals surface area contributed by atoms with Crippen molar-refractivity contribution in [2.75, 3.05) is 0 Å². The van der Waals surface area contributed by atoms with E-state index in [1.165, 1.54) is 0 Å². The lowest BCUT2D eigenvalue weighted by Crippen LogP contribution is -2.28. The minimum atomic E-state index is 0.134. The van der Waals surface area contributed by atoms with E-state index in [2.05, 4.69) is 11.1 Å². The van der Waals surface area contributed by atoms with Gasteiger partial charge in [-0.1, -0.05) is 24.3 Å². The lowest BCUT2D eigenvalue weighted by molar-refractivity contribution is -0.132. The van der Waals surface area contributed by atoms with Crippen molar-refractivity contribution in [3.8, 4) is 0 Å². The van der Waals surface area contributed by atoms with Crippen LogP contribution in [0.4, 0.5) is 0 Å².